The zero-order valence-corrected chi connectivity index (χ0v) is 24.9. The average molecular weight is 722 g/mol. The molecule has 0 aliphatic rings. The molecular weight excluding hydrogens is 699 g/mol. The first-order chi connectivity index (χ1) is 20.3. The monoisotopic (exact) mass is 722 g/mol. The zero-order chi connectivity index (χ0) is 27.6. The molecule has 0 aliphatic carbocycles. The topological polar surface area (TPSA) is 69.6 Å². The Bertz CT molecular complexity index is 2070. The first-order valence-electron chi connectivity index (χ1n) is 13.2. The number of benzene rings is 4. The maximum Gasteiger partial charge on any atom is 0.158 e. The maximum atomic E-state index is 6.29. The van der Waals surface area contributed by atoms with Crippen molar-refractivity contribution >= 4 is 33.1 Å². The Balaban J connectivity index is 0.000000205. The molecule has 4 aromatic heterocycles. The molecule has 0 N–H and O–H groups in total. The van der Waals surface area contributed by atoms with Gasteiger partial charge in [-0.05, 0) is 30.0 Å². The van der Waals surface area contributed by atoms with Crippen molar-refractivity contribution in [2.24, 2.45) is 0 Å². The van der Waals surface area contributed by atoms with E-state index < -0.39 is 0 Å². The minimum Gasteiger partial charge on any atom is -0.501 e. The summed E-state index contributed by atoms with van der Waals surface area (Å²) in [6.45, 7) is 2.08. The van der Waals surface area contributed by atoms with E-state index in [0.717, 1.165) is 67.0 Å². The van der Waals surface area contributed by atoms with Gasteiger partial charge >= 0.3 is 0 Å². The van der Waals surface area contributed by atoms with Gasteiger partial charge in [0.2, 0.25) is 0 Å². The van der Waals surface area contributed by atoms with Crippen LogP contribution in [0, 0.1) is 19.1 Å². The second-order valence-electron chi connectivity index (χ2n) is 9.48. The van der Waals surface area contributed by atoms with Gasteiger partial charge in [-0.25, -0.2) is 9.97 Å². The van der Waals surface area contributed by atoms with Crippen LogP contribution in [-0.4, -0.2) is 24.5 Å². The number of rotatable bonds is 3. The van der Waals surface area contributed by atoms with Crippen LogP contribution >= 0.6 is 0 Å². The van der Waals surface area contributed by atoms with E-state index in [4.69, 9.17) is 9.40 Å². The first kappa shape index (κ1) is 27.2. The Morgan fingerprint density at radius 1 is 0.810 bits per heavy atom. The number of imidazole rings is 1. The van der Waals surface area contributed by atoms with E-state index in [9.17, 15) is 0 Å². The van der Waals surface area contributed by atoms with Gasteiger partial charge in [-0.3, -0.25) is 4.98 Å². The predicted octanol–water partition coefficient (Wildman–Crippen LogP) is 8.04. The fourth-order valence-corrected chi connectivity index (χ4v) is 4.99. The van der Waals surface area contributed by atoms with E-state index in [2.05, 4.69) is 40.1 Å². The van der Waals surface area contributed by atoms with Gasteiger partial charge < -0.3 is 14.0 Å². The van der Waals surface area contributed by atoms with Crippen LogP contribution in [0.15, 0.2) is 126 Å². The van der Waals surface area contributed by atoms with Crippen LogP contribution in [0.3, 0.4) is 0 Å². The third-order valence-corrected chi connectivity index (χ3v) is 6.86. The molecule has 6 nitrogen and oxygen atoms in total. The van der Waals surface area contributed by atoms with Crippen LogP contribution in [0.1, 0.15) is 5.56 Å². The molecule has 0 fully saturated rings. The third kappa shape index (κ3) is 5.00. The molecule has 0 saturated carbocycles. The van der Waals surface area contributed by atoms with Crippen LogP contribution in [0.4, 0.5) is 0 Å². The van der Waals surface area contributed by atoms with Crippen molar-refractivity contribution in [1.29, 1.82) is 0 Å². The number of aryl methyl sites for hydroxylation is 1. The van der Waals surface area contributed by atoms with Crippen LogP contribution in [-0.2, 0) is 20.1 Å². The fraction of sp³-hybridized carbons (Fsp3) is 0.0286. The summed E-state index contributed by atoms with van der Waals surface area (Å²) < 4.78 is 8.32. The van der Waals surface area contributed by atoms with Gasteiger partial charge in [-0.15, -0.1) is 53.6 Å². The van der Waals surface area contributed by atoms with Crippen molar-refractivity contribution < 1.29 is 24.5 Å². The molecule has 4 heterocycles. The number of furan rings is 1. The largest absolute Gasteiger partial charge is 0.501 e. The minimum atomic E-state index is 0. The number of hydrogen-bond acceptors (Lipinski definition) is 5. The van der Waals surface area contributed by atoms with Crippen LogP contribution < -0.4 is 0 Å². The first-order valence-corrected chi connectivity index (χ1v) is 13.2. The number of aromatic nitrogens is 5. The Labute approximate surface area is 256 Å². The van der Waals surface area contributed by atoms with Gasteiger partial charge in [-0.1, -0.05) is 66.4 Å². The molecule has 0 amide bonds. The van der Waals surface area contributed by atoms with Crippen LogP contribution in [0.5, 0.6) is 0 Å². The smallest absolute Gasteiger partial charge is 0.158 e. The molecule has 0 saturated heterocycles. The molecule has 0 spiro atoms. The average Bonchev–Trinajstić information content (AvgIpc) is 3.63. The minimum absolute atomic E-state index is 0. The number of para-hydroxylation sites is 2. The van der Waals surface area contributed by atoms with Crippen molar-refractivity contribution in [2.75, 3.05) is 0 Å². The molecule has 8 rings (SSSR count). The summed E-state index contributed by atoms with van der Waals surface area (Å²) in [6, 6.07) is 40.4. The van der Waals surface area contributed by atoms with Crippen LogP contribution in [0.25, 0.3) is 61.4 Å². The molecule has 42 heavy (non-hydrogen) atoms. The van der Waals surface area contributed by atoms with Crippen molar-refractivity contribution in [2.45, 2.75) is 6.92 Å². The summed E-state index contributed by atoms with van der Waals surface area (Å²) in [5.74, 6) is 0.732. The Hall–Kier alpha value is -4.97. The van der Waals surface area contributed by atoms with Gasteiger partial charge in [0, 0.05) is 37.4 Å². The predicted molar refractivity (Wildman–Crippen MR) is 161 cm³/mol. The number of nitrogens with zero attached hydrogens (tertiary/aromatic N) is 5. The fourth-order valence-electron chi connectivity index (χ4n) is 4.99. The number of hydrogen-bond donors (Lipinski definition) is 0. The van der Waals surface area contributed by atoms with Gasteiger partial charge in [0.15, 0.2) is 5.65 Å². The summed E-state index contributed by atoms with van der Waals surface area (Å²) in [4.78, 5) is 17.7. The zero-order valence-electron chi connectivity index (χ0n) is 22.5. The van der Waals surface area contributed by atoms with Crippen molar-refractivity contribution in [3.63, 3.8) is 0 Å². The van der Waals surface area contributed by atoms with E-state index in [1.54, 1.807) is 18.7 Å². The van der Waals surface area contributed by atoms with E-state index in [-0.39, 0.29) is 20.1 Å². The Morgan fingerprint density at radius 2 is 1.62 bits per heavy atom. The molecule has 7 heteroatoms. The summed E-state index contributed by atoms with van der Waals surface area (Å²) in [5, 5.41) is 2.18. The van der Waals surface area contributed by atoms with E-state index in [1.165, 1.54) is 0 Å². The summed E-state index contributed by atoms with van der Waals surface area (Å²) in [5.41, 5.74) is 8.03. The van der Waals surface area contributed by atoms with Gasteiger partial charge in [-0.2, -0.15) is 0 Å². The molecule has 0 aliphatic heterocycles. The molecule has 205 valence electrons. The molecule has 8 aromatic rings. The van der Waals surface area contributed by atoms with Gasteiger partial charge in [0.05, 0.1) is 17.6 Å². The SMILES string of the molecule is Cc1c[c-]c(-c2nc3cncnc3n2-c2ccccc2)c2oc3ccccc3c12.[Ir].[c-]1ccccc1-c1ccccn1. The molecule has 0 unspecified atom stereocenters. The second kappa shape index (κ2) is 11.9. The van der Waals surface area contributed by atoms with E-state index in [1.807, 2.05) is 102 Å². The summed E-state index contributed by atoms with van der Waals surface area (Å²) in [7, 11) is 0. The number of fused-ring (bicyclic) bond motifs is 4. The quantitative estimate of drug-likeness (QED) is 0.173. The second-order valence-corrected chi connectivity index (χ2v) is 9.48. The standard InChI is InChI=1S/C24H15N4O.C11H8N.Ir/c1-15-11-12-18(22-21(15)17-9-5-6-10-20(17)29-22)23-27-19-13-25-14-26-24(19)28(23)16-7-3-2-4-8-16;1-2-6-10(7-3-1)11-8-4-5-9-12-11;/h2-11,13-14H,1H3;1-6,8-9H;/q2*-1;. The Kier molecular flexibility index (Phi) is 7.69. The van der Waals surface area contributed by atoms with Gasteiger partial charge in [0.1, 0.15) is 17.4 Å². The molecule has 1 radical (unpaired) electrons. The normalized spacial score (nSPS) is 10.8. The van der Waals surface area contributed by atoms with Crippen LogP contribution in [0.2, 0.25) is 0 Å². The van der Waals surface area contributed by atoms with E-state index >= 15 is 0 Å². The van der Waals surface area contributed by atoms with Crippen molar-refractivity contribution in [3.8, 4) is 28.3 Å². The summed E-state index contributed by atoms with van der Waals surface area (Å²) in [6.07, 6.45) is 5.06. The van der Waals surface area contributed by atoms with E-state index in [0.29, 0.717) is 0 Å². The molecular formula is C35H23IrN5O-2. The Morgan fingerprint density at radius 3 is 2.43 bits per heavy atom. The molecule has 0 atom stereocenters. The van der Waals surface area contributed by atoms with Crippen molar-refractivity contribution in [1.82, 2.24) is 24.5 Å². The molecule has 4 aromatic carbocycles. The third-order valence-electron chi connectivity index (χ3n) is 6.86. The maximum absolute atomic E-state index is 6.29. The summed E-state index contributed by atoms with van der Waals surface area (Å²) >= 11 is 0. The van der Waals surface area contributed by atoms with Gasteiger partial charge in [0.25, 0.3) is 0 Å². The molecule has 0 bridgehead atoms. The number of pyridine rings is 1. The van der Waals surface area contributed by atoms with Crippen molar-refractivity contribution in [3.05, 3.63) is 140 Å².